The van der Waals surface area contributed by atoms with E-state index < -0.39 is 0 Å². The first-order valence-corrected chi connectivity index (χ1v) is 4.18. The van der Waals surface area contributed by atoms with Gasteiger partial charge in [0.05, 0.1) is 0 Å². The van der Waals surface area contributed by atoms with E-state index in [1.165, 1.54) is 0 Å². The van der Waals surface area contributed by atoms with Crippen LogP contribution in [0.1, 0.15) is 18.4 Å². The standard InChI is InChI=1S/C9H13N3/c1-11-8-3-2-7(6-12-8)9(10)4-5-9/h2-3,6H,4-5,10H2,1H3,(H,11,12). The normalized spacial score (nSPS) is 18.8. The molecule has 3 heteroatoms. The first kappa shape index (κ1) is 7.55. The molecule has 1 aliphatic carbocycles. The Labute approximate surface area is 72.0 Å². The molecule has 0 aliphatic heterocycles. The second kappa shape index (κ2) is 2.45. The van der Waals surface area contributed by atoms with Crippen LogP contribution in [-0.4, -0.2) is 12.0 Å². The van der Waals surface area contributed by atoms with Gasteiger partial charge in [-0.3, -0.25) is 0 Å². The van der Waals surface area contributed by atoms with Gasteiger partial charge in [-0.05, 0) is 24.5 Å². The number of hydrogen-bond donors (Lipinski definition) is 2. The summed E-state index contributed by atoms with van der Waals surface area (Å²) >= 11 is 0. The predicted octanol–water partition coefficient (Wildman–Crippen LogP) is 1.07. The van der Waals surface area contributed by atoms with E-state index in [9.17, 15) is 0 Å². The van der Waals surface area contributed by atoms with Gasteiger partial charge < -0.3 is 11.1 Å². The van der Waals surface area contributed by atoms with Crippen molar-refractivity contribution in [2.24, 2.45) is 5.73 Å². The van der Waals surface area contributed by atoms with Crippen LogP contribution in [0.15, 0.2) is 18.3 Å². The molecule has 1 saturated carbocycles. The van der Waals surface area contributed by atoms with Crippen LogP contribution in [0.3, 0.4) is 0 Å². The molecule has 0 radical (unpaired) electrons. The topological polar surface area (TPSA) is 50.9 Å². The summed E-state index contributed by atoms with van der Waals surface area (Å²) in [5.41, 5.74) is 7.10. The molecule has 0 amide bonds. The first-order valence-electron chi connectivity index (χ1n) is 4.18. The second-order valence-electron chi connectivity index (χ2n) is 3.34. The summed E-state index contributed by atoms with van der Waals surface area (Å²) in [4.78, 5) is 4.21. The largest absolute Gasteiger partial charge is 0.373 e. The van der Waals surface area contributed by atoms with Gasteiger partial charge in [0.15, 0.2) is 0 Å². The fourth-order valence-corrected chi connectivity index (χ4v) is 1.26. The SMILES string of the molecule is CNc1ccc(C2(N)CC2)cn1. The predicted molar refractivity (Wildman–Crippen MR) is 48.9 cm³/mol. The van der Waals surface area contributed by atoms with Crippen LogP contribution in [-0.2, 0) is 5.54 Å². The molecule has 1 fully saturated rings. The molecule has 1 aromatic heterocycles. The fourth-order valence-electron chi connectivity index (χ4n) is 1.26. The Morgan fingerprint density at radius 3 is 2.67 bits per heavy atom. The molecule has 3 N–H and O–H groups in total. The molecule has 0 spiro atoms. The van der Waals surface area contributed by atoms with E-state index in [0.29, 0.717) is 0 Å². The van der Waals surface area contributed by atoms with Crippen LogP contribution in [0.25, 0.3) is 0 Å². The van der Waals surface area contributed by atoms with Crippen molar-refractivity contribution in [1.29, 1.82) is 0 Å². The highest BCUT2D eigenvalue weighted by Crippen LogP contribution is 2.42. The van der Waals surface area contributed by atoms with Gasteiger partial charge in [0.2, 0.25) is 0 Å². The summed E-state index contributed by atoms with van der Waals surface area (Å²) in [6, 6.07) is 4.01. The molecule has 0 saturated heterocycles. The Kier molecular flexibility index (Phi) is 1.54. The molecule has 64 valence electrons. The lowest BCUT2D eigenvalue weighted by atomic mass is 10.1. The summed E-state index contributed by atoms with van der Waals surface area (Å²) in [6.07, 6.45) is 4.04. The average Bonchev–Trinajstić information content (AvgIpc) is 2.85. The molecule has 1 aromatic rings. The molecule has 1 aliphatic rings. The van der Waals surface area contributed by atoms with Crippen molar-refractivity contribution in [3.8, 4) is 0 Å². The van der Waals surface area contributed by atoms with Crippen molar-refractivity contribution in [3.63, 3.8) is 0 Å². The van der Waals surface area contributed by atoms with E-state index >= 15 is 0 Å². The Bertz CT molecular complexity index is 274. The number of hydrogen-bond acceptors (Lipinski definition) is 3. The third-order valence-electron chi connectivity index (χ3n) is 2.38. The van der Waals surface area contributed by atoms with E-state index in [2.05, 4.69) is 10.3 Å². The van der Waals surface area contributed by atoms with Crippen LogP contribution >= 0.6 is 0 Å². The Morgan fingerprint density at radius 1 is 1.50 bits per heavy atom. The fraction of sp³-hybridized carbons (Fsp3) is 0.444. The highest BCUT2D eigenvalue weighted by molar-refractivity contribution is 5.38. The van der Waals surface area contributed by atoms with E-state index in [0.717, 1.165) is 24.2 Å². The quantitative estimate of drug-likeness (QED) is 0.685. The number of aromatic nitrogens is 1. The number of anilines is 1. The number of pyridine rings is 1. The van der Waals surface area contributed by atoms with Crippen molar-refractivity contribution < 1.29 is 0 Å². The number of nitrogens with zero attached hydrogens (tertiary/aromatic N) is 1. The van der Waals surface area contributed by atoms with Crippen molar-refractivity contribution in [2.45, 2.75) is 18.4 Å². The minimum atomic E-state index is -0.0563. The van der Waals surface area contributed by atoms with Crippen LogP contribution in [0.5, 0.6) is 0 Å². The van der Waals surface area contributed by atoms with Crippen molar-refractivity contribution >= 4 is 5.82 Å². The third kappa shape index (κ3) is 1.16. The van der Waals surface area contributed by atoms with Gasteiger partial charge in [0.25, 0.3) is 0 Å². The summed E-state index contributed by atoms with van der Waals surface area (Å²) in [7, 11) is 1.86. The summed E-state index contributed by atoms with van der Waals surface area (Å²) in [5, 5.41) is 2.97. The van der Waals surface area contributed by atoms with Crippen LogP contribution in [0, 0.1) is 0 Å². The van der Waals surface area contributed by atoms with Gasteiger partial charge in [0, 0.05) is 18.8 Å². The van der Waals surface area contributed by atoms with E-state index in [1.807, 2.05) is 25.4 Å². The lowest BCUT2D eigenvalue weighted by molar-refractivity contribution is 0.735. The monoisotopic (exact) mass is 163 g/mol. The molecule has 0 aromatic carbocycles. The molecule has 0 unspecified atom stereocenters. The van der Waals surface area contributed by atoms with Crippen LogP contribution in [0.4, 0.5) is 5.82 Å². The zero-order valence-corrected chi connectivity index (χ0v) is 7.17. The Morgan fingerprint density at radius 2 is 2.25 bits per heavy atom. The van der Waals surface area contributed by atoms with E-state index in [1.54, 1.807) is 0 Å². The van der Waals surface area contributed by atoms with Crippen molar-refractivity contribution in [3.05, 3.63) is 23.9 Å². The van der Waals surface area contributed by atoms with Crippen LogP contribution < -0.4 is 11.1 Å². The Balaban J connectivity index is 2.25. The maximum Gasteiger partial charge on any atom is 0.125 e. The molecule has 1 heterocycles. The maximum absolute atomic E-state index is 6.00. The van der Waals surface area contributed by atoms with Crippen molar-refractivity contribution in [2.75, 3.05) is 12.4 Å². The third-order valence-corrected chi connectivity index (χ3v) is 2.38. The highest BCUT2D eigenvalue weighted by Gasteiger charge is 2.40. The average molecular weight is 163 g/mol. The highest BCUT2D eigenvalue weighted by atomic mass is 15.0. The van der Waals surface area contributed by atoms with Crippen molar-refractivity contribution in [1.82, 2.24) is 4.98 Å². The van der Waals surface area contributed by atoms with Gasteiger partial charge >= 0.3 is 0 Å². The van der Waals surface area contributed by atoms with Crippen LogP contribution in [0.2, 0.25) is 0 Å². The lowest BCUT2D eigenvalue weighted by Gasteiger charge is -2.08. The van der Waals surface area contributed by atoms with E-state index in [4.69, 9.17) is 5.73 Å². The summed E-state index contributed by atoms with van der Waals surface area (Å²) in [6.45, 7) is 0. The molecule has 3 nitrogen and oxygen atoms in total. The van der Waals surface area contributed by atoms with Gasteiger partial charge in [-0.1, -0.05) is 6.07 Å². The van der Waals surface area contributed by atoms with E-state index in [-0.39, 0.29) is 5.54 Å². The number of rotatable bonds is 2. The second-order valence-corrected chi connectivity index (χ2v) is 3.34. The molecular formula is C9H13N3. The minimum Gasteiger partial charge on any atom is -0.373 e. The molecule has 12 heavy (non-hydrogen) atoms. The molecule has 2 rings (SSSR count). The number of nitrogens with two attached hydrogens (primary N) is 1. The molecule has 0 atom stereocenters. The number of nitrogens with one attached hydrogen (secondary N) is 1. The van der Waals surface area contributed by atoms with Gasteiger partial charge in [-0.15, -0.1) is 0 Å². The Hall–Kier alpha value is -1.09. The summed E-state index contributed by atoms with van der Waals surface area (Å²) in [5.74, 6) is 0.892. The smallest absolute Gasteiger partial charge is 0.125 e. The maximum atomic E-state index is 6.00. The van der Waals surface area contributed by atoms with Gasteiger partial charge in [-0.2, -0.15) is 0 Å². The zero-order chi connectivity index (χ0) is 8.60. The molecular weight excluding hydrogens is 150 g/mol. The zero-order valence-electron chi connectivity index (χ0n) is 7.17. The molecule has 0 bridgehead atoms. The first-order chi connectivity index (χ1) is 5.74. The minimum absolute atomic E-state index is 0.0563. The van der Waals surface area contributed by atoms with Gasteiger partial charge in [0.1, 0.15) is 5.82 Å². The summed E-state index contributed by atoms with van der Waals surface area (Å²) < 4.78 is 0. The lowest BCUT2D eigenvalue weighted by Crippen LogP contribution is -2.18. The van der Waals surface area contributed by atoms with Gasteiger partial charge in [-0.25, -0.2) is 4.98 Å².